The maximum Gasteiger partial charge on any atom is 0.0310 e. The van der Waals surface area contributed by atoms with Crippen molar-refractivity contribution in [3.63, 3.8) is 0 Å². The van der Waals surface area contributed by atoms with Gasteiger partial charge in [0, 0.05) is 1.37 Å². The molecular formula is C7H12. The molecule has 0 amide bonds. The number of allylic oxidation sites excluding steroid dienone is 2. The lowest BCUT2D eigenvalue weighted by molar-refractivity contribution is 0.527. The van der Waals surface area contributed by atoms with Gasteiger partial charge in [-0.25, -0.2) is 0 Å². The minimum atomic E-state index is 0.0822. The van der Waals surface area contributed by atoms with Gasteiger partial charge in [0.25, 0.3) is 0 Å². The zero-order valence-electron chi connectivity index (χ0n) is 5.72. The van der Waals surface area contributed by atoms with Gasteiger partial charge < -0.3 is 0 Å². The van der Waals surface area contributed by atoms with E-state index in [9.17, 15) is 0 Å². The van der Waals surface area contributed by atoms with Crippen molar-refractivity contribution in [2.24, 2.45) is 5.92 Å². The third kappa shape index (κ3) is 1.34. The highest BCUT2D eigenvalue weighted by Crippen LogP contribution is 2.15. The topological polar surface area (TPSA) is 0 Å². The lowest BCUT2D eigenvalue weighted by atomic mass is 9.97. The van der Waals surface area contributed by atoms with Gasteiger partial charge in [-0.05, 0) is 25.2 Å². The van der Waals surface area contributed by atoms with Crippen molar-refractivity contribution in [3.05, 3.63) is 12.2 Å². The molecule has 1 aliphatic carbocycles. The molecule has 0 bridgehead atoms. The van der Waals surface area contributed by atoms with Crippen LogP contribution in [0.3, 0.4) is 0 Å². The van der Waals surface area contributed by atoms with E-state index in [1.807, 2.05) is 6.08 Å². The Morgan fingerprint density at radius 2 is 2.57 bits per heavy atom. The maximum atomic E-state index is 7.32. The monoisotopic (exact) mass is 97.1 g/mol. The smallest absolute Gasteiger partial charge is 0.0310 e. The number of rotatable bonds is 0. The summed E-state index contributed by atoms with van der Waals surface area (Å²) in [6, 6.07) is 0. The Morgan fingerprint density at radius 3 is 3.00 bits per heavy atom. The second-order valence-corrected chi connectivity index (χ2v) is 2.24. The van der Waals surface area contributed by atoms with E-state index in [1.165, 1.54) is 6.42 Å². The molecule has 0 aliphatic heterocycles. The molecule has 0 saturated heterocycles. The van der Waals surface area contributed by atoms with Crippen LogP contribution in [0.5, 0.6) is 0 Å². The van der Waals surface area contributed by atoms with Crippen molar-refractivity contribution in [3.8, 4) is 0 Å². The molecule has 0 N–H and O–H groups in total. The summed E-state index contributed by atoms with van der Waals surface area (Å²) in [6.45, 7) is 2.20. The highest BCUT2D eigenvalue weighted by Gasteiger charge is 2.00. The minimum absolute atomic E-state index is 0.0822. The minimum Gasteiger partial charge on any atom is -0.0885 e. The first-order chi connectivity index (χ1) is 3.79. The quantitative estimate of drug-likeness (QED) is 0.407. The fourth-order valence-electron chi connectivity index (χ4n) is 0.814. The van der Waals surface area contributed by atoms with Crippen LogP contribution in [-0.2, 0) is 0 Å². The van der Waals surface area contributed by atoms with Gasteiger partial charge in [0.1, 0.15) is 0 Å². The molecule has 1 rings (SSSR count). The molecule has 0 aromatic heterocycles. The maximum absolute atomic E-state index is 7.32. The molecule has 7 heavy (non-hydrogen) atoms. The van der Waals surface area contributed by atoms with E-state index in [0.29, 0.717) is 0 Å². The van der Waals surface area contributed by atoms with Gasteiger partial charge >= 0.3 is 0 Å². The first kappa shape index (κ1) is 3.71. The van der Waals surface area contributed by atoms with E-state index in [-0.39, 0.29) is 6.40 Å². The molecule has 0 spiro atoms. The Kier molecular flexibility index (Phi) is 1.14. The molecule has 2 atom stereocenters. The van der Waals surface area contributed by atoms with E-state index in [2.05, 4.69) is 13.0 Å². The molecule has 0 aromatic carbocycles. The number of hydrogen-bond acceptors (Lipinski definition) is 0. The van der Waals surface area contributed by atoms with E-state index < -0.39 is 0 Å². The Hall–Kier alpha value is -0.260. The molecule has 0 saturated carbocycles. The Labute approximate surface area is 46.6 Å². The van der Waals surface area contributed by atoms with Crippen LogP contribution in [0.4, 0.5) is 0 Å². The molecule has 0 nitrogen and oxygen atoms in total. The average molecular weight is 97.2 g/mol. The van der Waals surface area contributed by atoms with Crippen LogP contribution < -0.4 is 0 Å². The fraction of sp³-hybridized carbons (Fsp3) is 0.714. The summed E-state index contributed by atoms with van der Waals surface area (Å²) in [6.07, 6.45) is 6.41. The molecule has 0 fully saturated rings. The third-order valence-corrected chi connectivity index (χ3v) is 1.35. The first-order valence-electron chi connectivity index (χ1n) is 3.45. The summed E-state index contributed by atoms with van der Waals surface area (Å²) in [4.78, 5) is 0. The summed E-state index contributed by atoms with van der Waals surface area (Å²) >= 11 is 0. The number of hydrogen-bond donors (Lipinski definition) is 0. The van der Waals surface area contributed by atoms with Gasteiger partial charge in [0.15, 0.2) is 0 Å². The molecule has 0 radical (unpaired) electrons. The van der Waals surface area contributed by atoms with Gasteiger partial charge in [0.2, 0.25) is 0 Å². The average Bonchev–Trinajstić information content (AvgIpc) is 1.64. The summed E-state index contributed by atoms with van der Waals surface area (Å²) in [7, 11) is 0. The fourth-order valence-corrected chi connectivity index (χ4v) is 0.814. The SMILES string of the molecule is [2H][C@H]1C=CC[C@@H](C)C1. The van der Waals surface area contributed by atoms with E-state index in [0.717, 1.165) is 12.3 Å². The predicted molar refractivity (Wildman–Crippen MR) is 32.2 cm³/mol. The molecule has 40 valence electrons. The van der Waals surface area contributed by atoms with Crippen LogP contribution in [-0.4, -0.2) is 0 Å². The molecule has 0 heteroatoms. The normalized spacial score (nSPS) is 43.3. The second kappa shape index (κ2) is 2.15. The highest BCUT2D eigenvalue weighted by molar-refractivity contribution is 4.88. The lowest BCUT2D eigenvalue weighted by Gasteiger charge is -2.09. The molecule has 0 aromatic rings. The molecule has 0 heterocycles. The molecular weight excluding hydrogens is 84.1 g/mol. The van der Waals surface area contributed by atoms with Gasteiger partial charge in [0.05, 0.1) is 0 Å². The van der Waals surface area contributed by atoms with Crippen LogP contribution in [0.15, 0.2) is 12.2 Å². The van der Waals surface area contributed by atoms with Crippen molar-refractivity contribution in [2.75, 3.05) is 0 Å². The first-order valence-corrected chi connectivity index (χ1v) is 2.88. The lowest BCUT2D eigenvalue weighted by Crippen LogP contribution is -1.94. The second-order valence-electron chi connectivity index (χ2n) is 2.24. The summed E-state index contributed by atoms with van der Waals surface area (Å²) in [5.41, 5.74) is 0. The van der Waals surface area contributed by atoms with Gasteiger partial charge in [-0.2, -0.15) is 0 Å². The van der Waals surface area contributed by atoms with Gasteiger partial charge in [-0.1, -0.05) is 19.1 Å². The van der Waals surface area contributed by atoms with E-state index in [4.69, 9.17) is 1.37 Å². The van der Waals surface area contributed by atoms with E-state index in [1.54, 1.807) is 0 Å². The Bertz CT molecular complexity index is 96.6. The van der Waals surface area contributed by atoms with Crippen LogP contribution in [0.2, 0.25) is 0 Å². The van der Waals surface area contributed by atoms with Crippen LogP contribution >= 0.6 is 0 Å². The summed E-state index contributed by atoms with van der Waals surface area (Å²) in [5.74, 6) is 0.738. The molecule has 0 unspecified atom stereocenters. The Balaban J connectivity index is 2.42. The van der Waals surface area contributed by atoms with Crippen molar-refractivity contribution >= 4 is 0 Å². The van der Waals surface area contributed by atoms with Gasteiger partial charge in [-0.15, -0.1) is 0 Å². The van der Waals surface area contributed by atoms with E-state index >= 15 is 0 Å². The highest BCUT2D eigenvalue weighted by atomic mass is 14.1. The summed E-state index contributed by atoms with van der Waals surface area (Å²) < 4.78 is 7.32. The van der Waals surface area contributed by atoms with Crippen LogP contribution in [0.25, 0.3) is 0 Å². The zero-order valence-corrected chi connectivity index (χ0v) is 4.72. The van der Waals surface area contributed by atoms with Crippen LogP contribution in [0.1, 0.15) is 27.5 Å². The Morgan fingerprint density at radius 1 is 1.71 bits per heavy atom. The predicted octanol–water partition coefficient (Wildman–Crippen LogP) is 2.36. The van der Waals surface area contributed by atoms with Crippen LogP contribution in [0, 0.1) is 5.92 Å². The van der Waals surface area contributed by atoms with Gasteiger partial charge in [-0.3, -0.25) is 0 Å². The van der Waals surface area contributed by atoms with Crippen molar-refractivity contribution in [1.82, 2.24) is 0 Å². The van der Waals surface area contributed by atoms with Crippen molar-refractivity contribution in [1.29, 1.82) is 0 Å². The van der Waals surface area contributed by atoms with Crippen molar-refractivity contribution in [2.45, 2.75) is 26.2 Å². The largest absolute Gasteiger partial charge is 0.0885 e. The summed E-state index contributed by atoms with van der Waals surface area (Å²) in [5, 5.41) is 0. The molecule has 1 aliphatic rings. The van der Waals surface area contributed by atoms with Crippen molar-refractivity contribution < 1.29 is 1.37 Å². The third-order valence-electron chi connectivity index (χ3n) is 1.35. The standard InChI is InChI=1S/C7H12/c1-7-5-3-2-4-6-7/h2-3,7H,4-6H2,1H3/t7-/m1/s1/i4D/t4-,7+/m0. The zero-order chi connectivity index (χ0) is 5.98.